The molecule has 0 saturated carbocycles. The fourth-order valence-electron chi connectivity index (χ4n) is 4.33. The Labute approximate surface area is 161 Å². The number of ether oxygens (including phenoxy) is 1. The molecule has 2 aliphatic heterocycles. The van der Waals surface area contributed by atoms with E-state index in [4.69, 9.17) is 4.74 Å². The van der Waals surface area contributed by atoms with Crippen LogP contribution in [0.25, 0.3) is 0 Å². The highest BCUT2D eigenvalue weighted by Gasteiger charge is 2.38. The number of carbonyl (C=O) groups excluding carboxylic acids is 1. The standard InChI is InChI=1S/C22H27N3O2/c1-27-20-4-2-18(3-5-20)15-25-13-9-21(22(25)26)24-12-8-19(16-24)14-17-6-10-23-11-7-17/h2-7,10-11,19,21H,8-9,12-16H2,1H3. The Morgan fingerprint density at radius 3 is 2.56 bits per heavy atom. The lowest BCUT2D eigenvalue weighted by molar-refractivity contribution is -0.132. The summed E-state index contributed by atoms with van der Waals surface area (Å²) in [6, 6.07) is 12.3. The zero-order valence-corrected chi connectivity index (χ0v) is 15.9. The van der Waals surface area contributed by atoms with Crippen LogP contribution in [-0.2, 0) is 17.8 Å². The summed E-state index contributed by atoms with van der Waals surface area (Å²) in [6.45, 7) is 3.59. The Balaban J connectivity index is 1.32. The van der Waals surface area contributed by atoms with Crippen molar-refractivity contribution >= 4 is 5.91 Å². The van der Waals surface area contributed by atoms with Gasteiger partial charge in [-0.2, -0.15) is 0 Å². The molecule has 1 amide bonds. The minimum absolute atomic E-state index is 0.0608. The Kier molecular flexibility index (Phi) is 5.39. The van der Waals surface area contributed by atoms with Crippen molar-refractivity contribution in [3.63, 3.8) is 0 Å². The first-order valence-electron chi connectivity index (χ1n) is 9.77. The third-order valence-corrected chi connectivity index (χ3v) is 5.83. The molecule has 2 saturated heterocycles. The summed E-state index contributed by atoms with van der Waals surface area (Å²) in [5, 5.41) is 0. The molecule has 1 aromatic heterocycles. The quantitative estimate of drug-likeness (QED) is 0.790. The molecule has 2 aliphatic rings. The van der Waals surface area contributed by atoms with Crippen LogP contribution < -0.4 is 4.74 Å². The minimum Gasteiger partial charge on any atom is -0.497 e. The minimum atomic E-state index is 0.0608. The van der Waals surface area contributed by atoms with Crippen LogP contribution in [0.2, 0.25) is 0 Å². The largest absolute Gasteiger partial charge is 0.497 e. The summed E-state index contributed by atoms with van der Waals surface area (Å²) in [4.78, 5) is 21.4. The molecule has 27 heavy (non-hydrogen) atoms. The van der Waals surface area contributed by atoms with E-state index < -0.39 is 0 Å². The van der Waals surface area contributed by atoms with Gasteiger partial charge in [-0.1, -0.05) is 12.1 Å². The highest BCUT2D eigenvalue weighted by molar-refractivity contribution is 5.84. The van der Waals surface area contributed by atoms with Gasteiger partial charge in [0.2, 0.25) is 5.91 Å². The number of pyridine rings is 1. The maximum Gasteiger partial charge on any atom is 0.240 e. The first-order chi connectivity index (χ1) is 13.2. The van der Waals surface area contributed by atoms with E-state index in [1.165, 1.54) is 12.0 Å². The Hall–Kier alpha value is -2.40. The molecule has 2 aromatic rings. The number of hydrogen-bond acceptors (Lipinski definition) is 4. The van der Waals surface area contributed by atoms with Crippen molar-refractivity contribution in [2.75, 3.05) is 26.7 Å². The van der Waals surface area contributed by atoms with Gasteiger partial charge < -0.3 is 9.64 Å². The lowest BCUT2D eigenvalue weighted by Gasteiger charge is -2.23. The number of rotatable bonds is 6. The summed E-state index contributed by atoms with van der Waals surface area (Å²) >= 11 is 0. The van der Waals surface area contributed by atoms with Gasteiger partial charge in [0, 0.05) is 32.0 Å². The molecule has 0 spiro atoms. The average Bonchev–Trinajstić information content (AvgIpc) is 3.30. The molecular weight excluding hydrogens is 338 g/mol. The molecule has 142 valence electrons. The monoisotopic (exact) mass is 365 g/mol. The van der Waals surface area contributed by atoms with Crippen LogP contribution in [-0.4, -0.2) is 53.5 Å². The van der Waals surface area contributed by atoms with E-state index in [-0.39, 0.29) is 11.9 Å². The lowest BCUT2D eigenvalue weighted by Crippen LogP contribution is -2.40. The van der Waals surface area contributed by atoms with Crippen LogP contribution in [0.15, 0.2) is 48.8 Å². The zero-order valence-electron chi connectivity index (χ0n) is 15.9. The van der Waals surface area contributed by atoms with Gasteiger partial charge in [-0.05, 0) is 67.1 Å². The Morgan fingerprint density at radius 2 is 1.81 bits per heavy atom. The summed E-state index contributed by atoms with van der Waals surface area (Å²) in [7, 11) is 1.67. The number of amides is 1. The lowest BCUT2D eigenvalue weighted by atomic mass is 9.99. The predicted molar refractivity (Wildman–Crippen MR) is 104 cm³/mol. The second-order valence-corrected chi connectivity index (χ2v) is 7.62. The van der Waals surface area contributed by atoms with Gasteiger partial charge in [-0.3, -0.25) is 14.7 Å². The third-order valence-electron chi connectivity index (χ3n) is 5.83. The highest BCUT2D eigenvalue weighted by Crippen LogP contribution is 2.27. The van der Waals surface area contributed by atoms with Gasteiger partial charge in [0.05, 0.1) is 13.2 Å². The number of likely N-dealkylation sites (tertiary alicyclic amines) is 2. The van der Waals surface area contributed by atoms with Gasteiger partial charge in [0.1, 0.15) is 5.75 Å². The predicted octanol–water partition coefficient (Wildman–Crippen LogP) is 2.76. The molecule has 3 heterocycles. The van der Waals surface area contributed by atoms with Gasteiger partial charge >= 0.3 is 0 Å². The van der Waals surface area contributed by atoms with Gasteiger partial charge in [0.25, 0.3) is 0 Å². The van der Waals surface area contributed by atoms with Crippen molar-refractivity contribution in [2.24, 2.45) is 5.92 Å². The van der Waals surface area contributed by atoms with Crippen molar-refractivity contribution in [3.05, 3.63) is 59.9 Å². The number of methoxy groups -OCH3 is 1. The molecule has 2 unspecified atom stereocenters. The Morgan fingerprint density at radius 1 is 1.04 bits per heavy atom. The molecule has 0 bridgehead atoms. The summed E-state index contributed by atoms with van der Waals surface area (Å²) in [5.74, 6) is 1.77. The molecule has 0 radical (unpaired) electrons. The number of aromatic nitrogens is 1. The fourth-order valence-corrected chi connectivity index (χ4v) is 4.33. The second-order valence-electron chi connectivity index (χ2n) is 7.62. The van der Waals surface area contributed by atoms with E-state index in [1.807, 2.05) is 41.6 Å². The van der Waals surface area contributed by atoms with Gasteiger partial charge in [-0.15, -0.1) is 0 Å². The van der Waals surface area contributed by atoms with E-state index in [2.05, 4.69) is 22.0 Å². The van der Waals surface area contributed by atoms with Crippen LogP contribution in [0.1, 0.15) is 24.0 Å². The van der Waals surface area contributed by atoms with E-state index in [9.17, 15) is 4.79 Å². The number of nitrogens with zero attached hydrogens (tertiary/aromatic N) is 3. The zero-order chi connectivity index (χ0) is 18.6. The molecule has 0 aliphatic carbocycles. The van der Waals surface area contributed by atoms with Gasteiger partial charge in [-0.25, -0.2) is 0 Å². The molecule has 2 fully saturated rings. The summed E-state index contributed by atoms with van der Waals surface area (Å²) < 4.78 is 5.21. The SMILES string of the molecule is COc1ccc(CN2CCC(N3CCC(Cc4ccncc4)C3)C2=O)cc1. The smallest absolute Gasteiger partial charge is 0.240 e. The number of carbonyl (C=O) groups is 1. The number of hydrogen-bond donors (Lipinski definition) is 0. The van der Waals surface area contributed by atoms with Crippen LogP contribution in [0, 0.1) is 5.92 Å². The van der Waals surface area contributed by atoms with Crippen LogP contribution in [0.5, 0.6) is 5.75 Å². The van der Waals surface area contributed by atoms with Crippen molar-refractivity contribution in [3.8, 4) is 5.75 Å². The number of benzene rings is 1. The maximum atomic E-state index is 12.9. The maximum absolute atomic E-state index is 12.9. The normalized spacial score (nSPS) is 23.1. The van der Waals surface area contributed by atoms with Gasteiger partial charge in [0.15, 0.2) is 0 Å². The van der Waals surface area contributed by atoms with E-state index >= 15 is 0 Å². The first kappa shape index (κ1) is 18.0. The average molecular weight is 365 g/mol. The van der Waals surface area contributed by atoms with Crippen molar-refractivity contribution in [2.45, 2.75) is 31.8 Å². The Bertz CT molecular complexity index is 763. The van der Waals surface area contributed by atoms with Crippen molar-refractivity contribution in [1.29, 1.82) is 0 Å². The first-order valence-corrected chi connectivity index (χ1v) is 9.77. The molecule has 5 heteroatoms. The highest BCUT2D eigenvalue weighted by atomic mass is 16.5. The molecule has 1 aromatic carbocycles. The fraction of sp³-hybridized carbons (Fsp3) is 0.455. The topological polar surface area (TPSA) is 45.7 Å². The second kappa shape index (κ2) is 8.09. The van der Waals surface area contributed by atoms with Crippen LogP contribution >= 0.6 is 0 Å². The summed E-state index contributed by atoms with van der Waals surface area (Å²) in [6.07, 6.45) is 6.91. The van der Waals surface area contributed by atoms with E-state index in [0.717, 1.165) is 43.8 Å². The summed E-state index contributed by atoms with van der Waals surface area (Å²) in [5.41, 5.74) is 2.50. The molecule has 0 N–H and O–H groups in total. The molecule has 2 atom stereocenters. The van der Waals surface area contributed by atoms with E-state index in [1.54, 1.807) is 7.11 Å². The van der Waals surface area contributed by atoms with E-state index in [0.29, 0.717) is 12.5 Å². The molecule has 4 rings (SSSR count). The molecule has 5 nitrogen and oxygen atoms in total. The van der Waals surface area contributed by atoms with Crippen molar-refractivity contribution in [1.82, 2.24) is 14.8 Å². The van der Waals surface area contributed by atoms with Crippen molar-refractivity contribution < 1.29 is 9.53 Å². The van der Waals surface area contributed by atoms with Crippen LogP contribution in [0.4, 0.5) is 0 Å². The molecular formula is C22H27N3O2. The third kappa shape index (κ3) is 4.14. The van der Waals surface area contributed by atoms with Crippen LogP contribution in [0.3, 0.4) is 0 Å².